The quantitative estimate of drug-likeness (QED) is 0.765. The van der Waals surface area contributed by atoms with Crippen molar-refractivity contribution in [1.82, 2.24) is 4.90 Å². The molecule has 2 atom stereocenters. The lowest BCUT2D eigenvalue weighted by Crippen LogP contribution is -2.40. The summed E-state index contributed by atoms with van der Waals surface area (Å²) in [7, 11) is 1.59. The number of amides is 1. The molecular formula is C19H27NO5. The number of benzene rings is 1. The Morgan fingerprint density at radius 1 is 1.20 bits per heavy atom. The summed E-state index contributed by atoms with van der Waals surface area (Å²) in [6.45, 7) is 8.41. The van der Waals surface area contributed by atoms with Gasteiger partial charge in [-0.05, 0) is 44.4 Å². The summed E-state index contributed by atoms with van der Waals surface area (Å²) in [5.74, 6) is -0.0797. The van der Waals surface area contributed by atoms with Crippen molar-refractivity contribution < 1.29 is 23.8 Å². The predicted molar refractivity (Wildman–Crippen MR) is 93.4 cm³/mol. The fourth-order valence-electron chi connectivity index (χ4n) is 3.31. The topological polar surface area (TPSA) is 65.1 Å². The summed E-state index contributed by atoms with van der Waals surface area (Å²) in [4.78, 5) is 26.1. The summed E-state index contributed by atoms with van der Waals surface area (Å²) in [6, 6.07) is 4.15. The number of rotatable bonds is 5. The number of nitrogens with zero attached hydrogens (tertiary/aromatic N) is 1. The molecule has 25 heavy (non-hydrogen) atoms. The molecule has 0 spiro atoms. The number of likely N-dealkylation sites (tertiary alicyclic amines) is 1. The van der Waals surface area contributed by atoms with Crippen LogP contribution in [0.1, 0.15) is 35.6 Å². The van der Waals surface area contributed by atoms with Gasteiger partial charge in [0.25, 0.3) is 0 Å². The lowest BCUT2D eigenvalue weighted by molar-refractivity contribution is -0.138. The Labute approximate surface area is 149 Å². The maximum Gasteiger partial charge on any atom is 0.510 e. The van der Waals surface area contributed by atoms with Crippen molar-refractivity contribution in [1.29, 1.82) is 0 Å². The van der Waals surface area contributed by atoms with Crippen LogP contribution in [0.25, 0.3) is 0 Å². The fraction of sp³-hybridized carbons (Fsp3) is 0.579. The van der Waals surface area contributed by atoms with Crippen LogP contribution < -0.4 is 0 Å². The number of methoxy groups -OCH3 is 1. The molecule has 2 rings (SSSR count). The van der Waals surface area contributed by atoms with Gasteiger partial charge in [-0.2, -0.15) is 0 Å². The molecule has 6 nitrogen and oxygen atoms in total. The Morgan fingerprint density at radius 2 is 1.84 bits per heavy atom. The predicted octanol–water partition coefficient (Wildman–Crippen LogP) is 2.90. The van der Waals surface area contributed by atoms with Crippen LogP contribution >= 0.6 is 0 Å². The van der Waals surface area contributed by atoms with E-state index in [1.165, 1.54) is 5.56 Å². The van der Waals surface area contributed by atoms with Crippen molar-refractivity contribution in [2.24, 2.45) is 0 Å². The van der Waals surface area contributed by atoms with E-state index in [-0.39, 0.29) is 25.0 Å². The molecule has 0 aliphatic carbocycles. The summed E-state index contributed by atoms with van der Waals surface area (Å²) < 4.78 is 15.5. The molecule has 1 aromatic rings. The second-order valence-corrected chi connectivity index (χ2v) is 6.45. The molecule has 0 bridgehead atoms. The fourth-order valence-corrected chi connectivity index (χ4v) is 3.31. The molecule has 1 aliphatic rings. The highest BCUT2D eigenvalue weighted by Crippen LogP contribution is 2.24. The Morgan fingerprint density at radius 3 is 2.40 bits per heavy atom. The van der Waals surface area contributed by atoms with E-state index < -0.39 is 12.4 Å². The van der Waals surface area contributed by atoms with Crippen molar-refractivity contribution in [2.75, 3.05) is 20.3 Å². The van der Waals surface area contributed by atoms with Crippen molar-refractivity contribution in [3.8, 4) is 0 Å². The van der Waals surface area contributed by atoms with Crippen LogP contribution in [0.5, 0.6) is 0 Å². The SMILES string of the molecule is CCOC(=O)OC1CC(OC)CN1C(=O)Cc1c(C)cc(C)cc1C. The molecule has 6 heteroatoms. The van der Waals surface area contributed by atoms with Crippen LogP contribution in [-0.2, 0) is 25.4 Å². The van der Waals surface area contributed by atoms with E-state index >= 15 is 0 Å². The van der Waals surface area contributed by atoms with Crippen molar-refractivity contribution >= 4 is 12.1 Å². The van der Waals surface area contributed by atoms with Crippen molar-refractivity contribution in [3.05, 3.63) is 34.4 Å². The van der Waals surface area contributed by atoms with E-state index in [0.29, 0.717) is 13.0 Å². The van der Waals surface area contributed by atoms with Gasteiger partial charge in [-0.3, -0.25) is 4.79 Å². The molecule has 1 aromatic carbocycles. The number of carbonyl (C=O) groups excluding carboxylic acids is 2. The van der Waals surface area contributed by atoms with Gasteiger partial charge in [0.05, 0.1) is 25.7 Å². The number of ether oxygens (including phenoxy) is 3. The van der Waals surface area contributed by atoms with Gasteiger partial charge in [-0.1, -0.05) is 17.7 Å². The number of hydrogen-bond acceptors (Lipinski definition) is 5. The van der Waals surface area contributed by atoms with Crippen molar-refractivity contribution in [3.63, 3.8) is 0 Å². The van der Waals surface area contributed by atoms with Gasteiger partial charge in [0.15, 0.2) is 6.23 Å². The lowest BCUT2D eigenvalue weighted by Gasteiger charge is -2.24. The normalized spacial score (nSPS) is 19.8. The molecule has 1 fully saturated rings. The number of aryl methyl sites for hydroxylation is 3. The molecule has 0 aromatic heterocycles. The standard InChI is InChI=1S/C19H27NO5/c1-6-24-19(22)25-18-9-15(23-5)11-20(18)17(21)10-16-13(3)7-12(2)8-14(16)4/h7-8,15,18H,6,9-11H2,1-5H3. The van der Waals surface area contributed by atoms with E-state index in [9.17, 15) is 9.59 Å². The minimum Gasteiger partial charge on any atom is -0.435 e. The van der Waals surface area contributed by atoms with E-state index in [1.807, 2.05) is 20.8 Å². The summed E-state index contributed by atoms with van der Waals surface area (Å²) in [5, 5.41) is 0. The first-order valence-corrected chi connectivity index (χ1v) is 8.58. The van der Waals surface area contributed by atoms with Crippen LogP contribution in [0, 0.1) is 20.8 Å². The van der Waals surface area contributed by atoms with E-state index in [0.717, 1.165) is 16.7 Å². The highest BCUT2D eigenvalue weighted by atomic mass is 16.7. The number of carbonyl (C=O) groups is 2. The molecular weight excluding hydrogens is 322 g/mol. The zero-order chi connectivity index (χ0) is 18.6. The minimum absolute atomic E-state index is 0.0797. The molecule has 0 saturated carbocycles. The summed E-state index contributed by atoms with van der Waals surface area (Å²) in [6.07, 6.45) is -0.833. The Balaban J connectivity index is 2.13. The molecule has 1 saturated heterocycles. The zero-order valence-corrected chi connectivity index (χ0v) is 15.6. The van der Waals surface area contributed by atoms with Crippen LogP contribution in [0.2, 0.25) is 0 Å². The highest BCUT2D eigenvalue weighted by Gasteiger charge is 2.38. The third-order valence-corrected chi connectivity index (χ3v) is 4.53. The second kappa shape index (κ2) is 8.34. The van der Waals surface area contributed by atoms with Crippen LogP contribution in [0.15, 0.2) is 12.1 Å². The molecule has 0 radical (unpaired) electrons. The first kappa shape index (κ1) is 19.2. The third kappa shape index (κ3) is 4.72. The first-order chi connectivity index (χ1) is 11.8. The smallest absolute Gasteiger partial charge is 0.435 e. The van der Waals surface area contributed by atoms with E-state index in [1.54, 1.807) is 18.9 Å². The Kier molecular flexibility index (Phi) is 6.42. The van der Waals surface area contributed by atoms with Crippen LogP contribution in [0.4, 0.5) is 4.79 Å². The Hall–Kier alpha value is -2.08. The van der Waals surface area contributed by atoms with Gasteiger partial charge in [-0.25, -0.2) is 4.79 Å². The largest absolute Gasteiger partial charge is 0.510 e. The monoisotopic (exact) mass is 349 g/mol. The van der Waals surface area contributed by atoms with Crippen LogP contribution in [-0.4, -0.2) is 49.6 Å². The number of hydrogen-bond donors (Lipinski definition) is 0. The first-order valence-electron chi connectivity index (χ1n) is 8.58. The molecule has 2 unspecified atom stereocenters. The zero-order valence-electron chi connectivity index (χ0n) is 15.6. The summed E-state index contributed by atoms with van der Waals surface area (Å²) >= 11 is 0. The van der Waals surface area contributed by atoms with Gasteiger partial charge < -0.3 is 19.1 Å². The average Bonchev–Trinajstić information content (AvgIpc) is 2.93. The summed E-state index contributed by atoms with van der Waals surface area (Å²) in [5.41, 5.74) is 4.38. The molecule has 1 heterocycles. The van der Waals surface area contributed by atoms with E-state index in [4.69, 9.17) is 14.2 Å². The van der Waals surface area contributed by atoms with Gasteiger partial charge in [0.2, 0.25) is 5.91 Å². The van der Waals surface area contributed by atoms with Gasteiger partial charge in [0.1, 0.15) is 0 Å². The lowest BCUT2D eigenvalue weighted by atomic mass is 9.97. The molecule has 138 valence electrons. The third-order valence-electron chi connectivity index (χ3n) is 4.53. The maximum atomic E-state index is 12.9. The second-order valence-electron chi connectivity index (χ2n) is 6.45. The molecule has 1 aliphatic heterocycles. The molecule has 1 amide bonds. The van der Waals surface area contributed by atoms with Gasteiger partial charge >= 0.3 is 6.16 Å². The Bertz CT molecular complexity index is 620. The maximum absolute atomic E-state index is 12.9. The highest BCUT2D eigenvalue weighted by molar-refractivity contribution is 5.80. The van der Waals surface area contributed by atoms with E-state index in [2.05, 4.69) is 12.1 Å². The van der Waals surface area contributed by atoms with Crippen molar-refractivity contribution in [2.45, 2.75) is 52.9 Å². The van der Waals surface area contributed by atoms with Gasteiger partial charge in [0, 0.05) is 13.5 Å². The minimum atomic E-state index is -0.759. The van der Waals surface area contributed by atoms with Crippen LogP contribution in [0.3, 0.4) is 0 Å². The van der Waals surface area contributed by atoms with Gasteiger partial charge in [-0.15, -0.1) is 0 Å². The average molecular weight is 349 g/mol. The molecule has 0 N–H and O–H groups in total.